The van der Waals surface area contributed by atoms with Gasteiger partial charge in [0.05, 0.1) is 23.2 Å². The molecule has 0 bridgehead atoms. The normalized spacial score (nSPS) is 19.3. The van der Waals surface area contributed by atoms with Crippen LogP contribution in [0.2, 0.25) is 5.15 Å². The first-order valence-corrected chi connectivity index (χ1v) is 9.80. The molecular weight excluding hydrogens is 370 g/mol. The Hall–Kier alpha value is -1.87. The minimum Gasteiger partial charge on any atom is -0.452 e. The molecule has 0 N–H and O–H groups in total. The van der Waals surface area contributed by atoms with Gasteiger partial charge in [-0.05, 0) is 19.4 Å². The van der Waals surface area contributed by atoms with Crippen molar-refractivity contribution in [3.05, 3.63) is 22.5 Å². The van der Waals surface area contributed by atoms with E-state index in [4.69, 9.17) is 16.3 Å². The number of likely N-dealkylation sites (N-methyl/N-ethyl adjacent to an activating group) is 1. The SMILES string of the molecule is Cc1nn([C@@H]2CCS(=O)(=O)C2)c(Cl)c1/C=C/C(=O)OCC(=O)N(C)C. The smallest absolute Gasteiger partial charge is 0.331 e. The van der Waals surface area contributed by atoms with Gasteiger partial charge in [-0.15, -0.1) is 0 Å². The Bertz CT molecular complexity index is 813. The van der Waals surface area contributed by atoms with Crippen LogP contribution in [0.25, 0.3) is 6.08 Å². The van der Waals surface area contributed by atoms with Gasteiger partial charge in [0.2, 0.25) is 0 Å². The van der Waals surface area contributed by atoms with Crippen LogP contribution < -0.4 is 0 Å². The van der Waals surface area contributed by atoms with Gasteiger partial charge >= 0.3 is 5.97 Å². The predicted molar refractivity (Wildman–Crippen MR) is 93.0 cm³/mol. The van der Waals surface area contributed by atoms with Gasteiger partial charge in [-0.1, -0.05) is 11.6 Å². The predicted octanol–water partition coefficient (Wildman–Crippen LogP) is 0.849. The molecule has 1 aliphatic heterocycles. The molecule has 1 aromatic heterocycles. The minimum atomic E-state index is -3.06. The Morgan fingerprint density at radius 1 is 1.44 bits per heavy atom. The summed E-state index contributed by atoms with van der Waals surface area (Å²) < 4.78 is 29.6. The molecule has 10 heteroatoms. The van der Waals surface area contributed by atoms with Gasteiger partial charge in [-0.25, -0.2) is 17.9 Å². The summed E-state index contributed by atoms with van der Waals surface area (Å²) in [6.07, 6.45) is 3.07. The standard InChI is InChI=1S/C15H20ClN3O5S/c1-10-12(4-5-14(21)24-8-13(20)18(2)3)15(16)19(17-10)11-6-7-25(22,23)9-11/h4-5,11H,6-9H2,1-3H3/b5-4+/t11-/m1/s1. The summed E-state index contributed by atoms with van der Waals surface area (Å²) in [6, 6.07) is -0.303. The zero-order valence-electron chi connectivity index (χ0n) is 14.2. The van der Waals surface area contributed by atoms with E-state index in [1.807, 2.05) is 0 Å². The average molecular weight is 390 g/mol. The quantitative estimate of drug-likeness (QED) is 0.547. The third kappa shape index (κ3) is 4.82. The number of aryl methyl sites for hydroxylation is 1. The van der Waals surface area contributed by atoms with Gasteiger partial charge in [0.1, 0.15) is 5.15 Å². The van der Waals surface area contributed by atoms with Crippen molar-refractivity contribution in [3.8, 4) is 0 Å². The molecule has 0 aliphatic carbocycles. The lowest BCUT2D eigenvalue weighted by Gasteiger charge is -2.09. The third-order valence-corrected chi connectivity index (χ3v) is 5.98. The molecule has 0 spiro atoms. The number of hydrogen-bond donors (Lipinski definition) is 0. The average Bonchev–Trinajstić information content (AvgIpc) is 3.02. The molecule has 138 valence electrons. The van der Waals surface area contributed by atoms with Crippen LogP contribution >= 0.6 is 11.6 Å². The van der Waals surface area contributed by atoms with Crippen LogP contribution in [0.3, 0.4) is 0 Å². The van der Waals surface area contributed by atoms with Crippen molar-refractivity contribution in [2.75, 3.05) is 32.2 Å². The van der Waals surface area contributed by atoms with Gasteiger partial charge in [-0.3, -0.25) is 4.79 Å². The van der Waals surface area contributed by atoms with Crippen molar-refractivity contribution in [2.45, 2.75) is 19.4 Å². The molecule has 1 aliphatic rings. The van der Waals surface area contributed by atoms with Gasteiger partial charge in [0, 0.05) is 25.7 Å². The molecule has 8 nitrogen and oxygen atoms in total. The van der Waals surface area contributed by atoms with E-state index in [0.29, 0.717) is 17.7 Å². The molecule has 0 aromatic carbocycles. The number of carbonyl (C=O) groups excluding carboxylic acids is 2. The number of sulfone groups is 1. The fourth-order valence-corrected chi connectivity index (χ4v) is 4.46. The molecule has 2 rings (SSSR count). The van der Waals surface area contributed by atoms with E-state index in [-0.39, 0.29) is 35.2 Å². The van der Waals surface area contributed by atoms with Gasteiger partial charge in [0.15, 0.2) is 16.4 Å². The van der Waals surface area contributed by atoms with E-state index in [2.05, 4.69) is 5.10 Å². The Morgan fingerprint density at radius 3 is 2.68 bits per heavy atom. The topological polar surface area (TPSA) is 98.6 Å². The molecule has 0 saturated carbocycles. The fraction of sp³-hybridized carbons (Fsp3) is 0.533. The van der Waals surface area contributed by atoms with Crippen molar-refractivity contribution in [3.63, 3.8) is 0 Å². The van der Waals surface area contributed by atoms with Gasteiger partial charge in [-0.2, -0.15) is 5.10 Å². The number of aromatic nitrogens is 2. The molecule has 1 fully saturated rings. The van der Waals surface area contributed by atoms with Crippen LogP contribution in [0.4, 0.5) is 0 Å². The van der Waals surface area contributed by atoms with Crippen molar-refractivity contribution < 1.29 is 22.7 Å². The summed E-state index contributed by atoms with van der Waals surface area (Å²) in [6.45, 7) is 1.37. The molecule has 1 aromatic rings. The highest BCUT2D eigenvalue weighted by Gasteiger charge is 2.31. The van der Waals surface area contributed by atoms with Crippen LogP contribution in [-0.2, 0) is 24.2 Å². The fourth-order valence-electron chi connectivity index (χ4n) is 2.39. The molecular formula is C15H20ClN3O5S. The number of carbonyl (C=O) groups is 2. The zero-order chi connectivity index (χ0) is 18.8. The van der Waals surface area contributed by atoms with Gasteiger partial charge < -0.3 is 9.64 Å². The maximum Gasteiger partial charge on any atom is 0.331 e. The molecule has 1 amide bonds. The second-order valence-electron chi connectivity index (χ2n) is 6.02. The maximum absolute atomic E-state index is 11.7. The Balaban J connectivity index is 2.08. The first kappa shape index (κ1) is 19.5. The number of amides is 1. The number of halogens is 1. The van der Waals surface area contributed by atoms with Crippen molar-refractivity contribution in [1.82, 2.24) is 14.7 Å². The maximum atomic E-state index is 11.7. The Kier molecular flexibility index (Phi) is 5.89. The van der Waals surface area contributed by atoms with E-state index in [1.165, 1.54) is 15.7 Å². The first-order chi connectivity index (χ1) is 11.6. The summed E-state index contributed by atoms with van der Waals surface area (Å²) >= 11 is 6.30. The highest BCUT2D eigenvalue weighted by Crippen LogP contribution is 2.30. The van der Waals surface area contributed by atoms with Gasteiger partial charge in [0.25, 0.3) is 5.91 Å². The second kappa shape index (κ2) is 7.57. The molecule has 0 radical (unpaired) electrons. The van der Waals surface area contributed by atoms with Crippen LogP contribution in [0, 0.1) is 6.92 Å². The third-order valence-electron chi connectivity index (χ3n) is 3.85. The van der Waals surface area contributed by atoms with Crippen LogP contribution in [0.15, 0.2) is 6.08 Å². The number of esters is 1. The zero-order valence-corrected chi connectivity index (χ0v) is 15.8. The van der Waals surface area contributed by atoms with Crippen LogP contribution in [0.1, 0.15) is 23.7 Å². The minimum absolute atomic E-state index is 0.00564. The largest absolute Gasteiger partial charge is 0.452 e. The molecule has 25 heavy (non-hydrogen) atoms. The van der Waals surface area contributed by atoms with E-state index < -0.39 is 15.8 Å². The van der Waals surface area contributed by atoms with Crippen molar-refractivity contribution >= 4 is 39.4 Å². The first-order valence-electron chi connectivity index (χ1n) is 7.60. The summed E-state index contributed by atoms with van der Waals surface area (Å²) in [5, 5.41) is 4.56. The summed E-state index contributed by atoms with van der Waals surface area (Å²) in [5.41, 5.74) is 1.09. The molecule has 0 unspecified atom stereocenters. The summed E-state index contributed by atoms with van der Waals surface area (Å²) in [4.78, 5) is 24.4. The summed E-state index contributed by atoms with van der Waals surface area (Å²) in [7, 11) is 0.0647. The lowest BCUT2D eigenvalue weighted by molar-refractivity contribution is -0.146. The van der Waals surface area contributed by atoms with Crippen molar-refractivity contribution in [1.29, 1.82) is 0 Å². The Labute approximate surface area is 151 Å². The van der Waals surface area contributed by atoms with E-state index in [0.717, 1.165) is 6.08 Å². The summed E-state index contributed by atoms with van der Waals surface area (Å²) in [5.74, 6) is -0.885. The molecule has 1 saturated heterocycles. The van der Waals surface area contributed by atoms with Crippen LogP contribution in [0.5, 0.6) is 0 Å². The molecule has 1 atom stereocenters. The molecule has 2 heterocycles. The highest BCUT2D eigenvalue weighted by molar-refractivity contribution is 7.91. The lowest BCUT2D eigenvalue weighted by atomic mass is 10.2. The van der Waals surface area contributed by atoms with Crippen molar-refractivity contribution in [2.24, 2.45) is 0 Å². The van der Waals surface area contributed by atoms with E-state index >= 15 is 0 Å². The number of ether oxygens (including phenoxy) is 1. The van der Waals surface area contributed by atoms with E-state index in [1.54, 1.807) is 21.0 Å². The van der Waals surface area contributed by atoms with Crippen LogP contribution in [-0.4, -0.2) is 67.2 Å². The second-order valence-corrected chi connectivity index (χ2v) is 8.61. The lowest BCUT2D eigenvalue weighted by Crippen LogP contribution is -2.27. The number of nitrogens with zero attached hydrogens (tertiary/aromatic N) is 3. The van der Waals surface area contributed by atoms with E-state index in [9.17, 15) is 18.0 Å². The number of hydrogen-bond acceptors (Lipinski definition) is 6. The monoisotopic (exact) mass is 389 g/mol. The number of rotatable bonds is 5. The Morgan fingerprint density at radius 2 is 2.12 bits per heavy atom. The highest BCUT2D eigenvalue weighted by atomic mass is 35.5.